The van der Waals surface area contributed by atoms with Crippen LogP contribution >= 0.6 is 0 Å². The average Bonchev–Trinajstić information content (AvgIpc) is 2.92. The summed E-state index contributed by atoms with van der Waals surface area (Å²) >= 11 is 0. The first-order valence-corrected chi connectivity index (χ1v) is 5.55. The summed E-state index contributed by atoms with van der Waals surface area (Å²) in [7, 11) is 0. The van der Waals surface area contributed by atoms with Crippen molar-refractivity contribution in [1.29, 1.82) is 0 Å². The molecule has 0 saturated heterocycles. The maximum Gasteiger partial charge on any atom is 0.0295 e. The van der Waals surface area contributed by atoms with Gasteiger partial charge in [-0.2, -0.15) is 0 Å². The maximum absolute atomic E-state index is 5.80. The van der Waals surface area contributed by atoms with Gasteiger partial charge < -0.3 is 11.1 Å². The molecule has 0 fully saturated rings. The van der Waals surface area contributed by atoms with E-state index in [1.165, 1.54) is 12.0 Å². The number of nitrogens with one attached hydrogen (secondary N) is 1. The van der Waals surface area contributed by atoms with Crippen molar-refractivity contribution in [1.82, 2.24) is 5.32 Å². The van der Waals surface area contributed by atoms with Gasteiger partial charge in [0.05, 0.1) is 0 Å². The largest absolute Gasteiger partial charge is 0.387 e. The molecule has 0 aromatic heterocycles. The number of allylic oxidation sites excluding steroid dienone is 2. The Morgan fingerprint density at radius 1 is 1.64 bits per heavy atom. The molecule has 0 bridgehead atoms. The van der Waals surface area contributed by atoms with E-state index in [9.17, 15) is 0 Å². The lowest BCUT2D eigenvalue weighted by molar-refractivity contribution is 0.598. The topological polar surface area (TPSA) is 38.0 Å². The minimum Gasteiger partial charge on any atom is -0.387 e. The fourth-order valence-corrected chi connectivity index (χ4v) is 1.51. The molecule has 0 radical (unpaired) electrons. The van der Waals surface area contributed by atoms with E-state index in [1.54, 1.807) is 0 Å². The summed E-state index contributed by atoms with van der Waals surface area (Å²) < 4.78 is 0. The van der Waals surface area contributed by atoms with Crippen LogP contribution in [0.3, 0.4) is 0 Å². The van der Waals surface area contributed by atoms with E-state index in [-0.39, 0.29) is 6.04 Å². The molecular weight excluding hydrogens is 172 g/mol. The molecule has 80 valence electrons. The predicted octanol–water partition coefficient (Wildman–Crippen LogP) is 2.18. The van der Waals surface area contributed by atoms with E-state index >= 15 is 0 Å². The summed E-state index contributed by atoms with van der Waals surface area (Å²) in [6, 6.07) is 0.252. The summed E-state index contributed by atoms with van der Waals surface area (Å²) in [5.74, 6) is 0.758. The van der Waals surface area contributed by atoms with Crippen LogP contribution in [-0.4, -0.2) is 12.6 Å². The molecule has 0 saturated carbocycles. The van der Waals surface area contributed by atoms with Crippen LogP contribution in [-0.2, 0) is 0 Å². The van der Waals surface area contributed by atoms with E-state index in [1.807, 2.05) is 0 Å². The van der Waals surface area contributed by atoms with Crippen LogP contribution in [0, 0.1) is 5.92 Å². The SMILES string of the molecule is C=C(CC1=CC1CC)NCC(N)CC. The molecule has 0 aliphatic heterocycles. The first-order chi connectivity index (χ1) is 6.67. The van der Waals surface area contributed by atoms with E-state index < -0.39 is 0 Å². The predicted molar refractivity (Wildman–Crippen MR) is 61.9 cm³/mol. The maximum atomic E-state index is 5.80. The number of hydrogen-bond donors (Lipinski definition) is 2. The molecule has 0 spiro atoms. The summed E-state index contributed by atoms with van der Waals surface area (Å²) in [5, 5.41) is 3.29. The Morgan fingerprint density at radius 3 is 2.86 bits per heavy atom. The van der Waals surface area contributed by atoms with Gasteiger partial charge in [0.1, 0.15) is 0 Å². The van der Waals surface area contributed by atoms with E-state index in [0.29, 0.717) is 0 Å². The number of nitrogens with two attached hydrogens (primary N) is 1. The molecule has 0 aromatic carbocycles. The van der Waals surface area contributed by atoms with Crippen LogP contribution in [0.4, 0.5) is 0 Å². The van der Waals surface area contributed by atoms with Crippen molar-refractivity contribution < 1.29 is 0 Å². The Bertz CT molecular complexity index is 230. The van der Waals surface area contributed by atoms with Gasteiger partial charge in [-0.15, -0.1) is 0 Å². The molecule has 1 rings (SSSR count). The molecule has 2 unspecified atom stereocenters. The van der Waals surface area contributed by atoms with Gasteiger partial charge >= 0.3 is 0 Å². The molecule has 2 atom stereocenters. The third-order valence-corrected chi connectivity index (χ3v) is 2.78. The lowest BCUT2D eigenvalue weighted by atomic mass is 10.1. The van der Waals surface area contributed by atoms with Crippen molar-refractivity contribution >= 4 is 0 Å². The Kier molecular flexibility index (Phi) is 4.21. The quantitative estimate of drug-likeness (QED) is 0.610. The lowest BCUT2D eigenvalue weighted by Crippen LogP contribution is -2.32. The summed E-state index contributed by atoms with van der Waals surface area (Å²) in [6.07, 6.45) is 5.58. The molecule has 2 nitrogen and oxygen atoms in total. The molecule has 2 heteroatoms. The van der Waals surface area contributed by atoms with Gasteiger partial charge in [-0.3, -0.25) is 0 Å². The van der Waals surface area contributed by atoms with Crippen LogP contribution in [0.1, 0.15) is 33.1 Å². The highest BCUT2D eigenvalue weighted by atomic mass is 14.9. The van der Waals surface area contributed by atoms with Gasteiger partial charge in [0.2, 0.25) is 0 Å². The van der Waals surface area contributed by atoms with Crippen LogP contribution in [0.25, 0.3) is 0 Å². The smallest absolute Gasteiger partial charge is 0.0295 e. The molecule has 3 N–H and O–H groups in total. The van der Waals surface area contributed by atoms with Gasteiger partial charge in [0, 0.05) is 24.7 Å². The van der Waals surface area contributed by atoms with Crippen molar-refractivity contribution in [2.24, 2.45) is 11.7 Å². The van der Waals surface area contributed by atoms with Gasteiger partial charge in [-0.25, -0.2) is 0 Å². The monoisotopic (exact) mass is 194 g/mol. The van der Waals surface area contributed by atoms with Crippen molar-refractivity contribution in [3.8, 4) is 0 Å². The normalized spacial score (nSPS) is 21.4. The van der Waals surface area contributed by atoms with Crippen LogP contribution in [0.15, 0.2) is 23.9 Å². The second kappa shape index (κ2) is 5.20. The van der Waals surface area contributed by atoms with E-state index in [4.69, 9.17) is 5.73 Å². The van der Waals surface area contributed by atoms with Crippen LogP contribution in [0.5, 0.6) is 0 Å². The molecule has 0 heterocycles. The average molecular weight is 194 g/mol. The zero-order chi connectivity index (χ0) is 10.6. The summed E-state index contributed by atoms with van der Waals surface area (Å²) in [4.78, 5) is 0. The highest BCUT2D eigenvalue weighted by molar-refractivity contribution is 5.32. The van der Waals surface area contributed by atoms with Gasteiger partial charge in [0.15, 0.2) is 0 Å². The lowest BCUT2D eigenvalue weighted by Gasteiger charge is -2.12. The Balaban J connectivity index is 2.09. The molecule has 0 aromatic rings. The van der Waals surface area contributed by atoms with Gasteiger partial charge in [-0.1, -0.05) is 32.1 Å². The third-order valence-electron chi connectivity index (χ3n) is 2.78. The first-order valence-electron chi connectivity index (χ1n) is 5.55. The number of hydrogen-bond acceptors (Lipinski definition) is 2. The molecule has 1 aliphatic carbocycles. The minimum absolute atomic E-state index is 0.252. The van der Waals surface area contributed by atoms with E-state index in [0.717, 1.165) is 31.0 Å². The van der Waals surface area contributed by atoms with Crippen LogP contribution < -0.4 is 11.1 Å². The zero-order valence-corrected chi connectivity index (χ0v) is 9.34. The second-order valence-electron chi connectivity index (χ2n) is 4.09. The van der Waals surface area contributed by atoms with Gasteiger partial charge in [-0.05, 0) is 18.8 Å². The highest BCUT2D eigenvalue weighted by Crippen LogP contribution is 2.35. The van der Waals surface area contributed by atoms with Crippen molar-refractivity contribution in [3.63, 3.8) is 0 Å². The fourth-order valence-electron chi connectivity index (χ4n) is 1.51. The van der Waals surface area contributed by atoms with Crippen molar-refractivity contribution in [2.75, 3.05) is 6.54 Å². The molecule has 1 aliphatic rings. The van der Waals surface area contributed by atoms with Crippen molar-refractivity contribution in [2.45, 2.75) is 39.2 Å². The molecular formula is C12H22N2. The first kappa shape index (κ1) is 11.3. The number of rotatable bonds is 7. The summed E-state index contributed by atoms with van der Waals surface area (Å²) in [6.45, 7) is 9.17. The minimum atomic E-state index is 0.252. The Labute approximate surface area is 87.3 Å². The molecule has 14 heavy (non-hydrogen) atoms. The highest BCUT2D eigenvalue weighted by Gasteiger charge is 2.22. The Morgan fingerprint density at radius 2 is 2.36 bits per heavy atom. The fraction of sp³-hybridized carbons (Fsp3) is 0.667. The Hall–Kier alpha value is -0.760. The standard InChI is InChI=1S/C12H22N2/c1-4-10-7-11(10)6-9(3)14-8-12(13)5-2/h7,10,12,14H,3-6,8,13H2,1-2H3. The van der Waals surface area contributed by atoms with Crippen LogP contribution in [0.2, 0.25) is 0 Å². The molecule has 0 amide bonds. The second-order valence-corrected chi connectivity index (χ2v) is 4.09. The zero-order valence-electron chi connectivity index (χ0n) is 9.34. The van der Waals surface area contributed by atoms with E-state index in [2.05, 4.69) is 31.8 Å². The third kappa shape index (κ3) is 3.54. The summed E-state index contributed by atoms with van der Waals surface area (Å²) in [5.41, 5.74) is 8.45. The van der Waals surface area contributed by atoms with Gasteiger partial charge in [0.25, 0.3) is 0 Å². The van der Waals surface area contributed by atoms with Crippen molar-refractivity contribution in [3.05, 3.63) is 23.9 Å².